The van der Waals surface area contributed by atoms with E-state index in [4.69, 9.17) is 16.3 Å². The van der Waals surface area contributed by atoms with Crippen molar-refractivity contribution in [1.82, 2.24) is 0 Å². The zero-order chi connectivity index (χ0) is 20.0. The number of halogens is 4. The van der Waals surface area contributed by atoms with Gasteiger partial charge in [-0.15, -0.1) is 0 Å². The number of alkyl halides is 3. The van der Waals surface area contributed by atoms with E-state index in [1.54, 1.807) is 37.3 Å². The molecular weight excluding hydrogens is 383 g/mol. The highest BCUT2D eigenvalue weighted by molar-refractivity contribution is 6.33. The van der Waals surface area contributed by atoms with E-state index >= 15 is 0 Å². The Morgan fingerprint density at radius 1 is 1.15 bits per heavy atom. The van der Waals surface area contributed by atoms with Crippen molar-refractivity contribution in [2.75, 3.05) is 5.32 Å². The molecule has 2 aromatic rings. The number of hydrogen-bond acceptors (Lipinski definition) is 3. The van der Waals surface area contributed by atoms with Gasteiger partial charge >= 0.3 is 12.1 Å². The number of amides is 1. The number of carbonyl (C=O) groups is 2. The maximum Gasteiger partial charge on any atom is 0.416 e. The van der Waals surface area contributed by atoms with Crippen LogP contribution >= 0.6 is 11.6 Å². The van der Waals surface area contributed by atoms with Crippen molar-refractivity contribution in [3.05, 3.63) is 64.7 Å². The second kappa shape index (κ2) is 8.90. The number of anilines is 1. The van der Waals surface area contributed by atoms with Gasteiger partial charge in [-0.2, -0.15) is 13.2 Å². The lowest BCUT2D eigenvalue weighted by Crippen LogP contribution is -2.26. The first kappa shape index (κ1) is 20.8. The molecule has 0 spiro atoms. The number of benzene rings is 2. The highest BCUT2D eigenvalue weighted by Crippen LogP contribution is 2.34. The molecule has 0 aromatic heterocycles. The first-order chi connectivity index (χ1) is 12.7. The Bertz CT molecular complexity index is 810. The fourth-order valence-corrected chi connectivity index (χ4v) is 2.46. The Balaban J connectivity index is 2.29. The van der Waals surface area contributed by atoms with Crippen LogP contribution in [-0.2, 0) is 20.5 Å². The third kappa shape index (κ3) is 5.72. The average molecular weight is 400 g/mol. The Morgan fingerprint density at radius 3 is 2.41 bits per heavy atom. The van der Waals surface area contributed by atoms with E-state index in [-0.39, 0.29) is 17.1 Å². The van der Waals surface area contributed by atoms with E-state index in [0.29, 0.717) is 12.0 Å². The summed E-state index contributed by atoms with van der Waals surface area (Å²) in [7, 11) is 0. The molecule has 1 N–H and O–H groups in total. The summed E-state index contributed by atoms with van der Waals surface area (Å²) in [5, 5.41) is 2.25. The van der Waals surface area contributed by atoms with Crippen LogP contribution in [0.2, 0.25) is 5.02 Å². The quantitative estimate of drug-likeness (QED) is 0.663. The van der Waals surface area contributed by atoms with Crippen LogP contribution in [-0.4, -0.2) is 11.9 Å². The van der Waals surface area contributed by atoms with Crippen LogP contribution < -0.4 is 5.32 Å². The molecule has 2 aromatic carbocycles. The van der Waals surface area contributed by atoms with E-state index in [1.807, 2.05) is 0 Å². The van der Waals surface area contributed by atoms with Gasteiger partial charge in [-0.05, 0) is 24.6 Å². The Hall–Kier alpha value is -2.54. The van der Waals surface area contributed by atoms with Gasteiger partial charge in [0.1, 0.15) is 0 Å². The summed E-state index contributed by atoms with van der Waals surface area (Å²) in [6.07, 6.45) is -5.25. The van der Waals surface area contributed by atoms with Gasteiger partial charge in [0.05, 0.1) is 16.3 Å². The molecule has 0 bridgehead atoms. The van der Waals surface area contributed by atoms with Crippen LogP contribution in [0.15, 0.2) is 48.5 Å². The maximum absolute atomic E-state index is 12.9. The molecule has 0 radical (unpaired) electrons. The standard InChI is InChI=1S/C19H17ClF3NO3/c1-2-6-16(25)27-17(12-7-4-3-5-8-12)18(26)24-15-11-13(19(21,22)23)9-10-14(15)20/h3-5,7-11,17H,2,6H2,1H3,(H,24,26)/t17-/m1/s1. The Labute approximate surface area is 159 Å². The summed E-state index contributed by atoms with van der Waals surface area (Å²) in [5.74, 6) is -1.39. The maximum atomic E-state index is 12.9. The van der Waals surface area contributed by atoms with Crippen LogP contribution in [0.3, 0.4) is 0 Å². The van der Waals surface area contributed by atoms with Crippen LogP contribution in [0.5, 0.6) is 0 Å². The van der Waals surface area contributed by atoms with Crippen LogP contribution in [0.4, 0.5) is 18.9 Å². The summed E-state index contributed by atoms with van der Waals surface area (Å²) in [6.45, 7) is 1.78. The monoisotopic (exact) mass is 399 g/mol. The van der Waals surface area contributed by atoms with Gasteiger partial charge in [-0.25, -0.2) is 0 Å². The van der Waals surface area contributed by atoms with E-state index in [2.05, 4.69) is 5.32 Å². The van der Waals surface area contributed by atoms with Crippen LogP contribution in [0.25, 0.3) is 0 Å². The molecule has 0 unspecified atom stereocenters. The van der Waals surface area contributed by atoms with Gasteiger partial charge in [0.15, 0.2) is 0 Å². The normalized spacial score (nSPS) is 12.3. The molecule has 0 aliphatic carbocycles. The minimum Gasteiger partial charge on any atom is -0.447 e. The molecule has 1 atom stereocenters. The molecule has 0 aliphatic rings. The number of esters is 1. The second-order valence-electron chi connectivity index (χ2n) is 5.71. The third-order valence-corrected chi connectivity index (χ3v) is 3.93. The van der Waals surface area contributed by atoms with Crippen molar-refractivity contribution in [1.29, 1.82) is 0 Å². The lowest BCUT2D eigenvalue weighted by atomic mass is 10.1. The van der Waals surface area contributed by atoms with Gasteiger partial charge < -0.3 is 10.1 Å². The summed E-state index contributed by atoms with van der Waals surface area (Å²) in [6, 6.07) is 10.8. The second-order valence-corrected chi connectivity index (χ2v) is 6.12. The van der Waals surface area contributed by atoms with Gasteiger partial charge in [-0.3, -0.25) is 9.59 Å². The molecular formula is C19H17ClF3NO3. The third-order valence-electron chi connectivity index (χ3n) is 3.60. The van der Waals surface area contributed by atoms with Crippen molar-refractivity contribution in [2.45, 2.75) is 32.0 Å². The molecule has 144 valence electrons. The number of ether oxygens (including phenoxy) is 1. The van der Waals surface area contributed by atoms with Gasteiger partial charge in [0.2, 0.25) is 6.10 Å². The minimum atomic E-state index is -4.59. The molecule has 0 saturated heterocycles. The lowest BCUT2D eigenvalue weighted by Gasteiger charge is -2.19. The molecule has 4 nitrogen and oxygen atoms in total. The zero-order valence-electron chi connectivity index (χ0n) is 14.3. The number of carbonyl (C=O) groups excluding carboxylic acids is 2. The lowest BCUT2D eigenvalue weighted by molar-refractivity contribution is -0.154. The van der Waals surface area contributed by atoms with E-state index in [9.17, 15) is 22.8 Å². The largest absolute Gasteiger partial charge is 0.447 e. The number of rotatable bonds is 6. The number of nitrogens with one attached hydrogen (secondary N) is 1. The first-order valence-corrected chi connectivity index (χ1v) is 8.52. The Kier molecular flexibility index (Phi) is 6.85. The fourth-order valence-electron chi connectivity index (χ4n) is 2.29. The first-order valence-electron chi connectivity index (χ1n) is 8.14. The topological polar surface area (TPSA) is 55.4 Å². The molecule has 27 heavy (non-hydrogen) atoms. The number of hydrogen-bond donors (Lipinski definition) is 1. The smallest absolute Gasteiger partial charge is 0.416 e. The Morgan fingerprint density at radius 2 is 1.81 bits per heavy atom. The molecule has 0 heterocycles. The molecule has 0 saturated carbocycles. The van der Waals surface area contributed by atoms with Crippen LogP contribution in [0.1, 0.15) is 37.0 Å². The van der Waals surface area contributed by atoms with Crippen molar-refractivity contribution in [3.63, 3.8) is 0 Å². The van der Waals surface area contributed by atoms with Crippen LogP contribution in [0, 0.1) is 0 Å². The van der Waals surface area contributed by atoms with Crippen molar-refractivity contribution < 1.29 is 27.5 Å². The average Bonchev–Trinajstić information content (AvgIpc) is 2.61. The molecule has 8 heteroatoms. The molecule has 1 amide bonds. The predicted molar refractivity (Wildman–Crippen MR) is 95.3 cm³/mol. The molecule has 0 aliphatic heterocycles. The summed E-state index contributed by atoms with van der Waals surface area (Å²) >= 11 is 5.91. The van der Waals surface area contributed by atoms with E-state index < -0.39 is 29.7 Å². The zero-order valence-corrected chi connectivity index (χ0v) is 15.1. The van der Waals surface area contributed by atoms with Crippen molar-refractivity contribution in [2.24, 2.45) is 0 Å². The highest BCUT2D eigenvalue weighted by atomic mass is 35.5. The van der Waals surface area contributed by atoms with Gasteiger partial charge in [-0.1, -0.05) is 48.9 Å². The predicted octanol–water partition coefficient (Wildman–Crippen LogP) is 5.38. The highest BCUT2D eigenvalue weighted by Gasteiger charge is 2.32. The van der Waals surface area contributed by atoms with Crippen molar-refractivity contribution in [3.8, 4) is 0 Å². The summed E-state index contributed by atoms with van der Waals surface area (Å²) in [5.41, 5.74) is -0.784. The van der Waals surface area contributed by atoms with E-state index in [1.165, 1.54) is 0 Å². The fraction of sp³-hybridized carbons (Fsp3) is 0.263. The summed E-state index contributed by atoms with van der Waals surface area (Å²) < 4.78 is 43.9. The van der Waals surface area contributed by atoms with Gasteiger partial charge in [0.25, 0.3) is 5.91 Å². The molecule has 2 rings (SSSR count). The SMILES string of the molecule is CCCC(=O)O[C@@H](C(=O)Nc1cc(C(F)(F)F)ccc1Cl)c1ccccc1. The van der Waals surface area contributed by atoms with Gasteiger partial charge in [0, 0.05) is 12.0 Å². The molecule has 0 fully saturated rings. The van der Waals surface area contributed by atoms with E-state index in [0.717, 1.165) is 18.2 Å². The minimum absolute atomic E-state index is 0.0666. The summed E-state index contributed by atoms with van der Waals surface area (Å²) in [4.78, 5) is 24.5. The van der Waals surface area contributed by atoms with Crippen molar-refractivity contribution >= 4 is 29.2 Å².